The largest absolute Gasteiger partial charge is 0.349 e. The molecular formula is C13H14Br2ClNO. The molecule has 1 aliphatic carbocycles. The highest BCUT2D eigenvalue weighted by atomic mass is 79.9. The maximum Gasteiger partial charge on any atom is 0.253 e. The van der Waals surface area contributed by atoms with Crippen LogP contribution in [0.1, 0.15) is 36.0 Å². The first-order valence-corrected chi connectivity index (χ1v) is 8.05. The second-order valence-corrected chi connectivity index (χ2v) is 7.16. The number of amides is 1. The third kappa shape index (κ3) is 3.72. The Labute approximate surface area is 129 Å². The highest BCUT2D eigenvalue weighted by Crippen LogP contribution is 2.25. The van der Waals surface area contributed by atoms with E-state index in [0.29, 0.717) is 15.4 Å². The van der Waals surface area contributed by atoms with Crippen LogP contribution in [0.5, 0.6) is 0 Å². The Morgan fingerprint density at radius 3 is 2.61 bits per heavy atom. The summed E-state index contributed by atoms with van der Waals surface area (Å²) in [7, 11) is 0. The summed E-state index contributed by atoms with van der Waals surface area (Å²) < 4.78 is 0.862. The molecule has 0 spiro atoms. The summed E-state index contributed by atoms with van der Waals surface area (Å²) in [6.07, 6.45) is 4.26. The molecule has 1 fully saturated rings. The van der Waals surface area contributed by atoms with Gasteiger partial charge in [-0.25, -0.2) is 0 Å². The van der Waals surface area contributed by atoms with E-state index in [-0.39, 0.29) is 11.9 Å². The van der Waals surface area contributed by atoms with Crippen LogP contribution in [0.2, 0.25) is 5.02 Å². The molecule has 0 aliphatic heterocycles. The van der Waals surface area contributed by atoms with Crippen LogP contribution < -0.4 is 5.32 Å². The Bertz CT molecular complexity index is 445. The number of carbonyl (C=O) groups is 1. The Kier molecular flexibility index (Phi) is 5.10. The van der Waals surface area contributed by atoms with E-state index in [4.69, 9.17) is 11.6 Å². The lowest BCUT2D eigenvalue weighted by Gasteiger charge is -2.26. The molecule has 0 heterocycles. The molecule has 1 aromatic carbocycles. The second kappa shape index (κ2) is 6.40. The van der Waals surface area contributed by atoms with Gasteiger partial charge in [-0.2, -0.15) is 0 Å². The van der Waals surface area contributed by atoms with Crippen LogP contribution in [0.4, 0.5) is 0 Å². The average Bonchev–Trinajstić information content (AvgIpc) is 2.35. The van der Waals surface area contributed by atoms with E-state index < -0.39 is 0 Å². The van der Waals surface area contributed by atoms with Crippen LogP contribution >= 0.6 is 43.5 Å². The first-order valence-electron chi connectivity index (χ1n) is 5.96. The minimum atomic E-state index is -0.0840. The van der Waals surface area contributed by atoms with Crippen molar-refractivity contribution in [1.82, 2.24) is 5.32 Å². The van der Waals surface area contributed by atoms with Crippen molar-refractivity contribution in [1.29, 1.82) is 0 Å². The second-order valence-electron chi connectivity index (χ2n) is 4.55. The first-order chi connectivity index (χ1) is 8.56. The molecule has 0 unspecified atom stereocenters. The SMILES string of the molecule is O=C(NC1CCC(Br)CC1)c1cc(Br)ccc1Cl. The summed E-state index contributed by atoms with van der Waals surface area (Å²) in [5.74, 6) is -0.0840. The van der Waals surface area contributed by atoms with Gasteiger partial charge in [0.2, 0.25) is 0 Å². The molecule has 0 bridgehead atoms. The predicted molar refractivity (Wildman–Crippen MR) is 81.6 cm³/mol. The normalized spacial score (nSPS) is 23.7. The van der Waals surface area contributed by atoms with Crippen LogP contribution in [-0.4, -0.2) is 16.8 Å². The zero-order valence-electron chi connectivity index (χ0n) is 9.76. The van der Waals surface area contributed by atoms with Crippen LogP contribution in [0.3, 0.4) is 0 Å². The van der Waals surface area contributed by atoms with E-state index in [1.807, 2.05) is 6.07 Å². The van der Waals surface area contributed by atoms with Crippen molar-refractivity contribution in [2.24, 2.45) is 0 Å². The Morgan fingerprint density at radius 2 is 1.94 bits per heavy atom. The van der Waals surface area contributed by atoms with Gasteiger partial charge < -0.3 is 5.32 Å². The van der Waals surface area contributed by atoms with Gasteiger partial charge in [0.15, 0.2) is 0 Å². The minimum Gasteiger partial charge on any atom is -0.349 e. The fraction of sp³-hybridized carbons (Fsp3) is 0.462. The summed E-state index contributed by atoms with van der Waals surface area (Å²) >= 11 is 13.0. The van der Waals surface area contributed by atoms with Gasteiger partial charge >= 0.3 is 0 Å². The fourth-order valence-corrected chi connectivity index (χ4v) is 3.22. The Hall–Kier alpha value is -0.0600. The molecule has 1 aliphatic rings. The highest BCUT2D eigenvalue weighted by molar-refractivity contribution is 9.10. The number of hydrogen-bond donors (Lipinski definition) is 1. The smallest absolute Gasteiger partial charge is 0.253 e. The lowest BCUT2D eigenvalue weighted by atomic mass is 9.95. The lowest BCUT2D eigenvalue weighted by molar-refractivity contribution is 0.0928. The monoisotopic (exact) mass is 393 g/mol. The van der Waals surface area contributed by atoms with Crippen molar-refractivity contribution in [3.05, 3.63) is 33.3 Å². The van der Waals surface area contributed by atoms with E-state index >= 15 is 0 Å². The van der Waals surface area contributed by atoms with E-state index in [9.17, 15) is 4.79 Å². The predicted octanol–water partition coefficient (Wildman–Crippen LogP) is 4.54. The van der Waals surface area contributed by atoms with Gasteiger partial charge in [-0.1, -0.05) is 43.5 Å². The van der Waals surface area contributed by atoms with Crippen LogP contribution in [0.15, 0.2) is 22.7 Å². The molecule has 0 aromatic heterocycles. The number of hydrogen-bond acceptors (Lipinski definition) is 1. The van der Waals surface area contributed by atoms with Gasteiger partial charge in [0, 0.05) is 15.3 Å². The van der Waals surface area contributed by atoms with Crippen LogP contribution in [-0.2, 0) is 0 Å². The molecule has 1 N–H and O–H groups in total. The molecule has 1 saturated carbocycles. The van der Waals surface area contributed by atoms with Crippen molar-refractivity contribution in [3.63, 3.8) is 0 Å². The lowest BCUT2D eigenvalue weighted by Crippen LogP contribution is -2.37. The topological polar surface area (TPSA) is 29.1 Å². The molecule has 1 amide bonds. The zero-order chi connectivity index (χ0) is 13.1. The van der Waals surface area contributed by atoms with Crippen molar-refractivity contribution < 1.29 is 4.79 Å². The summed E-state index contributed by atoms with van der Waals surface area (Å²) in [6, 6.07) is 5.58. The van der Waals surface area contributed by atoms with Crippen LogP contribution in [0, 0.1) is 0 Å². The van der Waals surface area contributed by atoms with Gasteiger partial charge in [0.25, 0.3) is 5.91 Å². The van der Waals surface area contributed by atoms with Crippen molar-refractivity contribution in [3.8, 4) is 0 Å². The minimum absolute atomic E-state index is 0.0840. The van der Waals surface area contributed by atoms with E-state index in [1.54, 1.807) is 12.1 Å². The number of alkyl halides is 1. The van der Waals surface area contributed by atoms with Gasteiger partial charge in [0.1, 0.15) is 0 Å². The maximum absolute atomic E-state index is 12.1. The molecule has 2 nitrogen and oxygen atoms in total. The van der Waals surface area contributed by atoms with Crippen molar-refractivity contribution in [2.75, 3.05) is 0 Å². The number of halogens is 3. The zero-order valence-corrected chi connectivity index (χ0v) is 13.7. The maximum atomic E-state index is 12.1. The number of nitrogens with one attached hydrogen (secondary N) is 1. The van der Waals surface area contributed by atoms with Gasteiger partial charge in [-0.15, -0.1) is 0 Å². The number of rotatable bonds is 2. The fourth-order valence-electron chi connectivity index (χ4n) is 2.13. The number of carbonyl (C=O) groups excluding carboxylic acids is 1. The molecule has 0 atom stereocenters. The molecule has 0 radical (unpaired) electrons. The van der Waals surface area contributed by atoms with E-state index in [1.165, 1.54) is 0 Å². The van der Waals surface area contributed by atoms with Crippen molar-refractivity contribution in [2.45, 2.75) is 36.6 Å². The molecule has 1 aromatic rings. The molecular weight excluding hydrogens is 381 g/mol. The molecule has 98 valence electrons. The Balaban J connectivity index is 2.01. The molecule has 0 saturated heterocycles. The summed E-state index contributed by atoms with van der Waals surface area (Å²) in [4.78, 5) is 12.7. The first kappa shape index (κ1) is 14.4. The quantitative estimate of drug-likeness (QED) is 0.732. The number of benzene rings is 1. The molecule has 5 heteroatoms. The molecule has 2 rings (SSSR count). The van der Waals surface area contributed by atoms with Crippen LogP contribution in [0.25, 0.3) is 0 Å². The van der Waals surface area contributed by atoms with E-state index in [2.05, 4.69) is 37.2 Å². The summed E-state index contributed by atoms with van der Waals surface area (Å²) in [6.45, 7) is 0. The van der Waals surface area contributed by atoms with Gasteiger partial charge in [-0.05, 0) is 43.9 Å². The average molecular weight is 396 g/mol. The third-order valence-corrected chi connectivity index (χ3v) is 4.90. The summed E-state index contributed by atoms with van der Waals surface area (Å²) in [5, 5.41) is 3.55. The van der Waals surface area contributed by atoms with Gasteiger partial charge in [-0.3, -0.25) is 4.79 Å². The highest BCUT2D eigenvalue weighted by Gasteiger charge is 2.21. The third-order valence-electron chi connectivity index (χ3n) is 3.16. The standard InChI is InChI=1S/C13H14Br2ClNO/c14-8-1-4-10(5-2-8)17-13(18)11-7-9(15)3-6-12(11)16/h3,6-8,10H,1-2,4-5H2,(H,17,18). The van der Waals surface area contributed by atoms with Gasteiger partial charge in [0.05, 0.1) is 10.6 Å². The van der Waals surface area contributed by atoms with Crippen molar-refractivity contribution >= 4 is 49.4 Å². The van der Waals surface area contributed by atoms with E-state index in [0.717, 1.165) is 30.2 Å². The Morgan fingerprint density at radius 1 is 1.28 bits per heavy atom. The molecule has 18 heavy (non-hydrogen) atoms. The summed E-state index contributed by atoms with van der Waals surface area (Å²) in [5.41, 5.74) is 0.534.